The summed E-state index contributed by atoms with van der Waals surface area (Å²) in [6.45, 7) is 2.08. The third kappa shape index (κ3) is 2.44. The molecule has 0 saturated heterocycles. The highest BCUT2D eigenvalue weighted by Crippen LogP contribution is 2.10. The molecule has 0 radical (unpaired) electrons. The van der Waals surface area contributed by atoms with Crippen LogP contribution in [0.15, 0.2) is 35.1 Å². The summed E-state index contributed by atoms with van der Waals surface area (Å²) in [5.74, 6) is -0.0530. The zero-order valence-electron chi connectivity index (χ0n) is 9.43. The Morgan fingerprint density at radius 3 is 2.88 bits per heavy atom. The number of oxazole rings is 1. The molecule has 2 rings (SSSR count). The van der Waals surface area contributed by atoms with E-state index in [1.165, 1.54) is 6.39 Å². The summed E-state index contributed by atoms with van der Waals surface area (Å²) in [4.78, 5) is 15.6. The predicted molar refractivity (Wildman–Crippen MR) is 63.3 cm³/mol. The normalized spacial score (nSPS) is 10.2. The van der Waals surface area contributed by atoms with Gasteiger partial charge in [0.1, 0.15) is 0 Å². The zero-order chi connectivity index (χ0) is 12.3. The summed E-state index contributed by atoms with van der Waals surface area (Å²) in [7, 11) is 0. The summed E-state index contributed by atoms with van der Waals surface area (Å²) in [6.07, 6.45) is 1.25. The molecule has 1 amide bonds. The zero-order valence-corrected chi connectivity index (χ0v) is 9.43. The van der Waals surface area contributed by atoms with Crippen LogP contribution in [0.4, 0.5) is 5.69 Å². The average molecular weight is 231 g/mol. The first-order chi connectivity index (χ1) is 8.18. The lowest BCUT2D eigenvalue weighted by molar-refractivity contribution is 0.0922. The number of carbonyl (C=O) groups is 1. The van der Waals surface area contributed by atoms with Gasteiger partial charge in [-0.15, -0.1) is 0 Å². The number of rotatable bonds is 3. The van der Waals surface area contributed by atoms with Crippen molar-refractivity contribution in [1.82, 2.24) is 10.3 Å². The van der Waals surface area contributed by atoms with Crippen LogP contribution in [-0.4, -0.2) is 10.9 Å². The quantitative estimate of drug-likeness (QED) is 0.784. The van der Waals surface area contributed by atoms with E-state index in [2.05, 4.69) is 10.3 Å². The van der Waals surface area contributed by atoms with Crippen LogP contribution in [0.3, 0.4) is 0 Å². The second kappa shape index (κ2) is 4.69. The Morgan fingerprint density at radius 2 is 2.24 bits per heavy atom. The lowest BCUT2D eigenvalue weighted by Crippen LogP contribution is -2.23. The van der Waals surface area contributed by atoms with Crippen LogP contribution < -0.4 is 11.1 Å². The lowest BCUT2D eigenvalue weighted by atomic mass is 10.2. The first-order valence-electron chi connectivity index (χ1n) is 5.20. The molecule has 1 aromatic carbocycles. The van der Waals surface area contributed by atoms with Gasteiger partial charge < -0.3 is 15.5 Å². The molecule has 0 fully saturated rings. The minimum atomic E-state index is -0.289. The van der Waals surface area contributed by atoms with E-state index in [1.54, 1.807) is 13.0 Å². The van der Waals surface area contributed by atoms with Gasteiger partial charge in [-0.1, -0.05) is 18.2 Å². The topological polar surface area (TPSA) is 81.2 Å². The number of anilines is 1. The predicted octanol–water partition coefficient (Wildman–Crippen LogP) is 1.50. The largest absolute Gasteiger partial charge is 0.438 e. The van der Waals surface area contributed by atoms with Gasteiger partial charge in [0.15, 0.2) is 6.39 Å². The van der Waals surface area contributed by atoms with E-state index in [4.69, 9.17) is 10.2 Å². The third-order valence-electron chi connectivity index (χ3n) is 2.45. The number of hydrogen-bond donors (Lipinski definition) is 2. The fourth-order valence-corrected chi connectivity index (χ4v) is 1.47. The van der Waals surface area contributed by atoms with E-state index in [-0.39, 0.29) is 11.7 Å². The van der Waals surface area contributed by atoms with Crippen molar-refractivity contribution >= 4 is 11.6 Å². The molecule has 1 heterocycles. The summed E-state index contributed by atoms with van der Waals surface area (Å²) in [5.41, 5.74) is 7.87. The molecular weight excluding hydrogens is 218 g/mol. The maximum Gasteiger partial charge on any atom is 0.289 e. The van der Waals surface area contributed by atoms with Crippen molar-refractivity contribution in [3.8, 4) is 0 Å². The molecule has 5 heteroatoms. The smallest absolute Gasteiger partial charge is 0.289 e. The summed E-state index contributed by atoms with van der Waals surface area (Å²) in [6, 6.07) is 7.38. The van der Waals surface area contributed by atoms with Gasteiger partial charge in [0.25, 0.3) is 5.91 Å². The van der Waals surface area contributed by atoms with Crippen molar-refractivity contribution in [3.63, 3.8) is 0 Å². The maximum atomic E-state index is 11.7. The first kappa shape index (κ1) is 11.2. The third-order valence-corrected chi connectivity index (χ3v) is 2.45. The van der Waals surface area contributed by atoms with E-state index in [0.29, 0.717) is 17.9 Å². The average Bonchev–Trinajstić information content (AvgIpc) is 2.74. The number of benzene rings is 1. The summed E-state index contributed by atoms with van der Waals surface area (Å²) in [5, 5.41) is 2.73. The Hall–Kier alpha value is -2.30. The van der Waals surface area contributed by atoms with Crippen LogP contribution in [0.25, 0.3) is 0 Å². The van der Waals surface area contributed by atoms with Gasteiger partial charge in [-0.25, -0.2) is 4.98 Å². The minimum Gasteiger partial charge on any atom is -0.438 e. The van der Waals surface area contributed by atoms with Gasteiger partial charge in [0.05, 0.1) is 5.69 Å². The molecule has 0 aliphatic rings. The molecule has 0 aliphatic heterocycles. The van der Waals surface area contributed by atoms with Gasteiger partial charge >= 0.3 is 0 Å². The summed E-state index contributed by atoms with van der Waals surface area (Å²) < 4.78 is 4.99. The van der Waals surface area contributed by atoms with E-state index in [9.17, 15) is 4.79 Å². The second-order valence-electron chi connectivity index (χ2n) is 3.65. The van der Waals surface area contributed by atoms with Gasteiger partial charge in [0, 0.05) is 12.2 Å². The van der Waals surface area contributed by atoms with Crippen molar-refractivity contribution in [2.45, 2.75) is 13.5 Å². The molecule has 0 unspecified atom stereocenters. The molecule has 17 heavy (non-hydrogen) atoms. The van der Waals surface area contributed by atoms with Crippen LogP contribution in [0.5, 0.6) is 0 Å². The highest BCUT2D eigenvalue weighted by molar-refractivity contribution is 5.92. The Labute approximate surface area is 98.6 Å². The minimum absolute atomic E-state index is 0.236. The molecule has 0 aliphatic carbocycles. The Balaban J connectivity index is 2.02. The molecule has 5 nitrogen and oxygen atoms in total. The number of amides is 1. The second-order valence-corrected chi connectivity index (χ2v) is 3.65. The van der Waals surface area contributed by atoms with E-state index in [1.807, 2.05) is 18.2 Å². The monoisotopic (exact) mass is 231 g/mol. The maximum absolute atomic E-state index is 11.7. The number of nitrogen functional groups attached to an aromatic ring is 1. The number of carbonyl (C=O) groups excluding carboxylic acids is 1. The van der Waals surface area contributed by atoms with E-state index >= 15 is 0 Å². The van der Waals surface area contributed by atoms with Crippen molar-refractivity contribution in [2.75, 3.05) is 5.73 Å². The van der Waals surface area contributed by atoms with Gasteiger partial charge in [-0.05, 0) is 18.6 Å². The Bertz CT molecular complexity index is 534. The number of para-hydroxylation sites is 1. The number of hydrogen-bond acceptors (Lipinski definition) is 4. The van der Waals surface area contributed by atoms with Crippen molar-refractivity contribution in [1.29, 1.82) is 0 Å². The molecule has 0 bridgehead atoms. The fourth-order valence-electron chi connectivity index (χ4n) is 1.47. The van der Waals surface area contributed by atoms with Crippen LogP contribution >= 0.6 is 0 Å². The van der Waals surface area contributed by atoms with Crippen LogP contribution in [0.2, 0.25) is 0 Å². The van der Waals surface area contributed by atoms with Crippen molar-refractivity contribution < 1.29 is 9.21 Å². The van der Waals surface area contributed by atoms with E-state index < -0.39 is 0 Å². The SMILES string of the molecule is Cc1ncoc1C(=O)NCc1ccccc1N. The van der Waals surface area contributed by atoms with Crippen LogP contribution in [0, 0.1) is 6.92 Å². The molecular formula is C12H13N3O2. The van der Waals surface area contributed by atoms with Crippen molar-refractivity contribution in [2.24, 2.45) is 0 Å². The molecule has 88 valence electrons. The van der Waals surface area contributed by atoms with Gasteiger partial charge in [-0.3, -0.25) is 4.79 Å². The number of aromatic nitrogens is 1. The Morgan fingerprint density at radius 1 is 1.47 bits per heavy atom. The number of aryl methyl sites for hydroxylation is 1. The molecule has 1 aromatic heterocycles. The lowest BCUT2D eigenvalue weighted by Gasteiger charge is -2.06. The molecule has 0 spiro atoms. The van der Waals surface area contributed by atoms with Gasteiger partial charge in [-0.2, -0.15) is 0 Å². The highest BCUT2D eigenvalue weighted by Gasteiger charge is 2.13. The van der Waals surface area contributed by atoms with Crippen LogP contribution in [0.1, 0.15) is 21.8 Å². The first-order valence-corrected chi connectivity index (χ1v) is 5.20. The van der Waals surface area contributed by atoms with Crippen molar-refractivity contribution in [3.05, 3.63) is 47.7 Å². The number of nitrogens with one attached hydrogen (secondary N) is 1. The standard InChI is InChI=1S/C12H13N3O2/c1-8-11(17-7-15-8)12(16)14-6-9-4-2-3-5-10(9)13/h2-5,7H,6,13H2,1H3,(H,14,16). The Kier molecular flexibility index (Phi) is 3.09. The summed E-state index contributed by atoms with van der Waals surface area (Å²) >= 11 is 0. The number of nitrogens with zero attached hydrogens (tertiary/aromatic N) is 1. The molecule has 2 aromatic rings. The molecule has 0 atom stereocenters. The van der Waals surface area contributed by atoms with Crippen LogP contribution in [-0.2, 0) is 6.54 Å². The molecule has 0 saturated carbocycles. The van der Waals surface area contributed by atoms with E-state index in [0.717, 1.165) is 5.56 Å². The van der Waals surface area contributed by atoms with Gasteiger partial charge in [0.2, 0.25) is 5.76 Å². The fraction of sp³-hybridized carbons (Fsp3) is 0.167. The number of nitrogens with two attached hydrogens (primary N) is 1. The highest BCUT2D eigenvalue weighted by atomic mass is 16.3. The molecule has 3 N–H and O–H groups in total.